The summed E-state index contributed by atoms with van der Waals surface area (Å²) in [6.45, 7) is 2.07. The molecule has 0 radical (unpaired) electrons. The molecule has 2 heterocycles. The molecule has 3 nitrogen and oxygen atoms in total. The lowest BCUT2D eigenvalue weighted by atomic mass is 9.85. The third kappa shape index (κ3) is 1.58. The Hall–Kier alpha value is -1.39. The molecule has 20 heavy (non-hydrogen) atoms. The summed E-state index contributed by atoms with van der Waals surface area (Å²) >= 11 is 5.96. The van der Waals surface area contributed by atoms with Gasteiger partial charge < -0.3 is 4.74 Å². The van der Waals surface area contributed by atoms with Gasteiger partial charge in [0, 0.05) is 22.1 Å². The number of halogens is 1. The minimum Gasteiger partial charge on any atom is -0.307 e. The number of ether oxygens (including phenoxy) is 1. The van der Waals surface area contributed by atoms with Crippen molar-refractivity contribution in [2.75, 3.05) is 0 Å². The predicted molar refractivity (Wildman–Crippen MR) is 74.1 cm³/mol. The van der Waals surface area contributed by atoms with Gasteiger partial charge in [-0.05, 0) is 17.7 Å². The molecular weight excluding hydrogens is 276 g/mol. The maximum absolute atomic E-state index is 6.06. The van der Waals surface area contributed by atoms with Crippen LogP contribution in [-0.2, 0) is 20.3 Å². The van der Waals surface area contributed by atoms with Crippen molar-refractivity contribution in [1.29, 1.82) is 0 Å². The van der Waals surface area contributed by atoms with E-state index in [1.54, 1.807) is 0 Å². The number of rotatable bonds is 1. The fourth-order valence-electron chi connectivity index (χ4n) is 2.89. The summed E-state index contributed by atoms with van der Waals surface area (Å²) in [5, 5.41) is 0.679. The molecule has 1 unspecified atom stereocenters. The molecule has 2 aromatic rings. The van der Waals surface area contributed by atoms with Crippen LogP contribution in [-0.4, -0.2) is 6.29 Å². The van der Waals surface area contributed by atoms with Crippen molar-refractivity contribution in [3.05, 3.63) is 70.2 Å². The largest absolute Gasteiger partial charge is 0.307 e. The summed E-state index contributed by atoms with van der Waals surface area (Å²) in [6.07, 6.45) is -0.388. The van der Waals surface area contributed by atoms with Crippen molar-refractivity contribution in [2.45, 2.75) is 24.9 Å². The Morgan fingerprint density at radius 1 is 1.05 bits per heavy atom. The van der Waals surface area contributed by atoms with Crippen molar-refractivity contribution in [3.63, 3.8) is 0 Å². The zero-order chi connectivity index (χ0) is 13.7. The Balaban J connectivity index is 1.93. The molecule has 0 aromatic heterocycles. The first-order chi connectivity index (χ1) is 9.71. The van der Waals surface area contributed by atoms with Crippen molar-refractivity contribution < 1.29 is 14.5 Å². The highest BCUT2D eigenvalue weighted by atomic mass is 35.5. The number of hydrogen-bond donors (Lipinski definition) is 0. The van der Waals surface area contributed by atoms with Gasteiger partial charge in [0.05, 0.1) is 0 Å². The minimum absolute atomic E-state index is 0.133. The fraction of sp³-hybridized carbons (Fsp3) is 0.250. The molecule has 0 saturated carbocycles. The van der Waals surface area contributed by atoms with E-state index in [1.165, 1.54) is 5.56 Å². The van der Waals surface area contributed by atoms with Crippen LogP contribution >= 0.6 is 11.6 Å². The summed E-state index contributed by atoms with van der Waals surface area (Å²) in [7, 11) is 0. The Morgan fingerprint density at radius 2 is 1.80 bits per heavy atom. The second-order valence-electron chi connectivity index (χ2n) is 5.17. The van der Waals surface area contributed by atoms with Gasteiger partial charge in [-0.3, -0.25) is 0 Å². The predicted octanol–water partition coefficient (Wildman–Crippen LogP) is 3.96. The van der Waals surface area contributed by atoms with Crippen LogP contribution < -0.4 is 0 Å². The Bertz CT molecular complexity index is 655. The first-order valence-corrected chi connectivity index (χ1v) is 6.96. The van der Waals surface area contributed by atoms with Crippen LogP contribution in [0.3, 0.4) is 0 Å². The molecular formula is C16H13ClO3. The van der Waals surface area contributed by atoms with Gasteiger partial charge in [0.25, 0.3) is 5.79 Å². The van der Waals surface area contributed by atoms with E-state index in [4.69, 9.17) is 26.1 Å². The Morgan fingerprint density at radius 3 is 2.60 bits per heavy atom. The zero-order valence-electron chi connectivity index (χ0n) is 10.9. The lowest BCUT2D eigenvalue weighted by molar-refractivity contribution is -0.321. The highest BCUT2D eigenvalue weighted by molar-refractivity contribution is 6.30. The van der Waals surface area contributed by atoms with Gasteiger partial charge in [-0.15, -0.1) is 0 Å². The highest BCUT2D eigenvalue weighted by Crippen LogP contribution is 2.51. The SMILES string of the molecule is CC1c2ccccc2[C@]2(c3ccc(Cl)cc3)OO[C@H]1O2. The molecule has 2 bridgehead atoms. The van der Waals surface area contributed by atoms with Crippen LogP contribution in [0.25, 0.3) is 0 Å². The van der Waals surface area contributed by atoms with E-state index in [-0.39, 0.29) is 12.2 Å². The van der Waals surface area contributed by atoms with Crippen LogP contribution in [0.4, 0.5) is 0 Å². The highest BCUT2D eigenvalue weighted by Gasteiger charge is 2.54. The molecule has 0 amide bonds. The molecule has 2 aliphatic rings. The first kappa shape index (κ1) is 12.4. The summed E-state index contributed by atoms with van der Waals surface area (Å²) in [5.74, 6) is -0.854. The molecule has 1 fully saturated rings. The maximum Gasteiger partial charge on any atom is 0.256 e. The molecule has 1 saturated heterocycles. The van der Waals surface area contributed by atoms with E-state index in [9.17, 15) is 0 Å². The molecule has 0 N–H and O–H groups in total. The first-order valence-electron chi connectivity index (χ1n) is 6.58. The number of hydrogen-bond acceptors (Lipinski definition) is 3. The quantitative estimate of drug-likeness (QED) is 0.743. The normalized spacial score (nSPS) is 31.1. The smallest absolute Gasteiger partial charge is 0.256 e. The van der Waals surface area contributed by atoms with E-state index < -0.39 is 5.79 Å². The average Bonchev–Trinajstić information content (AvgIpc) is 2.89. The lowest BCUT2D eigenvalue weighted by Gasteiger charge is -2.34. The maximum atomic E-state index is 6.06. The third-order valence-corrected chi connectivity index (χ3v) is 4.23. The van der Waals surface area contributed by atoms with Crippen LogP contribution in [0.1, 0.15) is 29.5 Å². The van der Waals surface area contributed by atoms with Crippen molar-refractivity contribution in [1.82, 2.24) is 0 Å². The second kappa shape index (κ2) is 4.30. The molecule has 2 aromatic carbocycles. The van der Waals surface area contributed by atoms with E-state index in [0.717, 1.165) is 11.1 Å². The Labute approximate surface area is 122 Å². The van der Waals surface area contributed by atoms with Crippen LogP contribution in [0, 0.1) is 0 Å². The number of fused-ring (bicyclic) bond motifs is 4. The monoisotopic (exact) mass is 288 g/mol. The molecule has 4 rings (SSSR count). The Kier molecular flexibility index (Phi) is 2.66. The van der Waals surface area contributed by atoms with E-state index in [0.29, 0.717) is 5.02 Å². The molecule has 0 spiro atoms. The summed E-state index contributed by atoms with van der Waals surface area (Å²) in [4.78, 5) is 11.0. The van der Waals surface area contributed by atoms with Gasteiger partial charge in [-0.2, -0.15) is 9.78 Å². The topological polar surface area (TPSA) is 27.7 Å². The van der Waals surface area contributed by atoms with Gasteiger partial charge in [0.15, 0.2) is 0 Å². The zero-order valence-corrected chi connectivity index (χ0v) is 11.6. The minimum atomic E-state index is -0.988. The van der Waals surface area contributed by atoms with Crippen LogP contribution in [0.5, 0.6) is 0 Å². The van der Waals surface area contributed by atoms with Crippen LogP contribution in [0.15, 0.2) is 48.5 Å². The van der Waals surface area contributed by atoms with Gasteiger partial charge in [-0.25, -0.2) is 0 Å². The fourth-order valence-corrected chi connectivity index (χ4v) is 3.02. The standard InChI is InChI=1S/C16H13ClO3/c1-10-13-4-2-3-5-14(13)16(18-15(10)19-20-16)11-6-8-12(17)9-7-11/h2-10,15H,1H3/t10?,15-,16+/m1/s1. The van der Waals surface area contributed by atoms with Gasteiger partial charge in [-0.1, -0.05) is 54.9 Å². The third-order valence-electron chi connectivity index (χ3n) is 3.98. The lowest BCUT2D eigenvalue weighted by Crippen LogP contribution is -2.36. The molecule has 2 aliphatic heterocycles. The van der Waals surface area contributed by atoms with Gasteiger partial charge in [0.2, 0.25) is 6.29 Å². The van der Waals surface area contributed by atoms with Crippen molar-refractivity contribution in [2.24, 2.45) is 0 Å². The molecule has 3 atom stereocenters. The van der Waals surface area contributed by atoms with E-state index in [1.807, 2.05) is 42.5 Å². The molecule has 0 aliphatic carbocycles. The average molecular weight is 289 g/mol. The van der Waals surface area contributed by atoms with E-state index >= 15 is 0 Å². The van der Waals surface area contributed by atoms with Gasteiger partial charge >= 0.3 is 0 Å². The number of benzene rings is 2. The van der Waals surface area contributed by atoms with Crippen LogP contribution in [0.2, 0.25) is 5.02 Å². The summed E-state index contributed by atoms with van der Waals surface area (Å²) < 4.78 is 6.06. The molecule has 4 heteroatoms. The molecule has 102 valence electrons. The summed E-state index contributed by atoms with van der Waals surface area (Å²) in [5.41, 5.74) is 3.06. The van der Waals surface area contributed by atoms with Crippen molar-refractivity contribution >= 4 is 11.6 Å². The summed E-state index contributed by atoms with van der Waals surface area (Å²) in [6, 6.07) is 15.6. The second-order valence-corrected chi connectivity index (χ2v) is 5.60. The van der Waals surface area contributed by atoms with Gasteiger partial charge in [0.1, 0.15) is 0 Å². The van der Waals surface area contributed by atoms with E-state index in [2.05, 4.69) is 13.0 Å². The van der Waals surface area contributed by atoms with Crippen molar-refractivity contribution in [3.8, 4) is 0 Å².